The molecule has 2 aromatic heterocycles. The molecule has 0 saturated carbocycles. The van der Waals surface area contributed by atoms with Gasteiger partial charge in [-0.2, -0.15) is 0 Å². The molecule has 2 aromatic carbocycles. The number of carbonyl (C=O) groups excluding carboxylic acids is 2. The van der Waals surface area contributed by atoms with Gasteiger partial charge >= 0.3 is 0 Å². The molecule has 1 atom stereocenters. The summed E-state index contributed by atoms with van der Waals surface area (Å²) in [7, 11) is 3.85. The number of benzene rings is 2. The fourth-order valence-electron chi connectivity index (χ4n) is 4.31. The number of aromatic nitrogens is 3. The molecule has 40 heavy (non-hydrogen) atoms. The van der Waals surface area contributed by atoms with Gasteiger partial charge in [0, 0.05) is 35.6 Å². The molecule has 1 unspecified atom stereocenters. The maximum absolute atomic E-state index is 13.8. The lowest BCUT2D eigenvalue weighted by Gasteiger charge is -2.24. The molecular weight excluding hydrogens is 609 g/mol. The maximum atomic E-state index is 13.8. The van der Waals surface area contributed by atoms with Crippen molar-refractivity contribution >= 4 is 80.1 Å². The van der Waals surface area contributed by atoms with Gasteiger partial charge in [0.1, 0.15) is 0 Å². The standard InChI is InChI=1S/C27H23Cl2N5O3S3/c1-13-24(39-14(2)30-13)22(35)20-21(15-6-9-18(10-7-15)33(3)4)34(25(37)23(20)36)26-31-32-27(40-26)38-12-16-5-8-17(28)11-19(16)29/h5-11,21,36H,12H2,1-4H3. The van der Waals surface area contributed by atoms with E-state index in [9.17, 15) is 14.7 Å². The lowest BCUT2D eigenvalue weighted by atomic mass is 9.95. The first-order chi connectivity index (χ1) is 19.0. The van der Waals surface area contributed by atoms with Crippen LogP contribution in [0.25, 0.3) is 0 Å². The van der Waals surface area contributed by atoms with E-state index in [1.165, 1.54) is 39.3 Å². The van der Waals surface area contributed by atoms with Crippen LogP contribution in [0.4, 0.5) is 10.8 Å². The van der Waals surface area contributed by atoms with Crippen LogP contribution in [0.2, 0.25) is 10.0 Å². The summed E-state index contributed by atoms with van der Waals surface area (Å²) in [6, 6.07) is 11.9. The molecule has 1 amide bonds. The summed E-state index contributed by atoms with van der Waals surface area (Å²) in [5.74, 6) is -1.23. The van der Waals surface area contributed by atoms with Gasteiger partial charge in [0.05, 0.1) is 27.2 Å². The summed E-state index contributed by atoms with van der Waals surface area (Å²) in [4.78, 5) is 35.4. The summed E-state index contributed by atoms with van der Waals surface area (Å²) in [6.45, 7) is 3.55. The summed E-state index contributed by atoms with van der Waals surface area (Å²) >= 11 is 16.2. The number of hydrogen-bond acceptors (Lipinski definition) is 10. The Morgan fingerprint density at radius 1 is 1.10 bits per heavy atom. The molecule has 1 aliphatic heterocycles. The van der Waals surface area contributed by atoms with Crippen molar-refractivity contribution in [2.75, 3.05) is 23.9 Å². The van der Waals surface area contributed by atoms with Crippen LogP contribution in [0.3, 0.4) is 0 Å². The molecule has 0 radical (unpaired) electrons. The topological polar surface area (TPSA) is 99.5 Å². The largest absolute Gasteiger partial charge is 0.503 e. The molecule has 0 fully saturated rings. The van der Waals surface area contributed by atoms with Crippen LogP contribution in [0.1, 0.15) is 37.5 Å². The van der Waals surface area contributed by atoms with Crippen molar-refractivity contribution < 1.29 is 14.7 Å². The Hall–Kier alpha value is -2.96. The van der Waals surface area contributed by atoms with Crippen LogP contribution in [-0.2, 0) is 10.5 Å². The summed E-state index contributed by atoms with van der Waals surface area (Å²) in [5.41, 5.74) is 3.03. The summed E-state index contributed by atoms with van der Waals surface area (Å²) in [5, 5.41) is 21.7. The van der Waals surface area contributed by atoms with Crippen LogP contribution >= 0.6 is 57.6 Å². The van der Waals surface area contributed by atoms with Gasteiger partial charge in [-0.3, -0.25) is 14.5 Å². The van der Waals surface area contributed by atoms with Gasteiger partial charge in [0.15, 0.2) is 10.1 Å². The van der Waals surface area contributed by atoms with Gasteiger partial charge < -0.3 is 10.0 Å². The third-order valence-corrected chi connectivity index (χ3v) is 10.0. The smallest absolute Gasteiger partial charge is 0.296 e. The quantitative estimate of drug-likeness (QED) is 0.125. The zero-order valence-electron chi connectivity index (χ0n) is 21.8. The Balaban J connectivity index is 1.51. The van der Waals surface area contributed by atoms with Gasteiger partial charge in [0.2, 0.25) is 10.9 Å². The number of carbonyl (C=O) groups is 2. The highest BCUT2D eigenvalue weighted by atomic mass is 35.5. The number of aryl methyl sites for hydroxylation is 2. The van der Waals surface area contributed by atoms with E-state index in [1.54, 1.807) is 19.1 Å². The monoisotopic (exact) mass is 631 g/mol. The predicted molar refractivity (Wildman–Crippen MR) is 163 cm³/mol. The number of thioether (sulfide) groups is 1. The van der Waals surface area contributed by atoms with E-state index in [2.05, 4.69) is 15.2 Å². The fourth-order valence-corrected chi connectivity index (χ4v) is 7.61. The number of hydrogen-bond donors (Lipinski definition) is 1. The number of Topliss-reactive ketones (excluding diaryl/α,β-unsaturated/α-hetero) is 1. The van der Waals surface area contributed by atoms with Crippen LogP contribution in [-0.4, -0.2) is 46.1 Å². The number of thiazole rings is 1. The minimum atomic E-state index is -0.894. The molecule has 3 heterocycles. The second kappa shape index (κ2) is 11.5. The normalized spacial score (nSPS) is 15.3. The van der Waals surface area contributed by atoms with E-state index in [1.807, 2.05) is 56.3 Å². The van der Waals surface area contributed by atoms with Crippen molar-refractivity contribution in [2.24, 2.45) is 0 Å². The highest BCUT2D eigenvalue weighted by molar-refractivity contribution is 8.00. The van der Waals surface area contributed by atoms with E-state index in [4.69, 9.17) is 23.2 Å². The van der Waals surface area contributed by atoms with Crippen LogP contribution in [0, 0.1) is 13.8 Å². The molecule has 1 N–H and O–H groups in total. The zero-order chi connectivity index (χ0) is 28.7. The third-order valence-electron chi connectivity index (χ3n) is 6.26. The number of amides is 1. The van der Waals surface area contributed by atoms with Gasteiger partial charge in [-0.05, 0) is 49.2 Å². The van der Waals surface area contributed by atoms with E-state index in [-0.39, 0.29) is 10.7 Å². The fraction of sp³-hybridized carbons (Fsp3) is 0.222. The number of aliphatic hydroxyl groups is 1. The Bertz CT molecular complexity index is 1650. The number of halogens is 2. The number of nitrogens with zero attached hydrogens (tertiary/aromatic N) is 5. The number of rotatable bonds is 8. The first kappa shape index (κ1) is 28.6. The average Bonchev–Trinajstić information content (AvgIpc) is 3.59. The highest BCUT2D eigenvalue weighted by Gasteiger charge is 2.46. The van der Waals surface area contributed by atoms with E-state index in [0.29, 0.717) is 36.3 Å². The highest BCUT2D eigenvalue weighted by Crippen LogP contribution is 2.45. The zero-order valence-corrected chi connectivity index (χ0v) is 25.8. The van der Waals surface area contributed by atoms with Gasteiger partial charge in [-0.25, -0.2) is 4.98 Å². The molecule has 13 heteroatoms. The molecule has 0 bridgehead atoms. The molecule has 1 aliphatic rings. The van der Waals surface area contributed by atoms with E-state index in [0.717, 1.165) is 16.3 Å². The minimum Gasteiger partial charge on any atom is -0.503 e. The SMILES string of the molecule is Cc1nc(C)c(C(=O)C2=C(O)C(=O)N(c3nnc(SCc4ccc(Cl)cc4Cl)s3)C2c2ccc(N(C)C)cc2)s1. The van der Waals surface area contributed by atoms with E-state index >= 15 is 0 Å². The Labute approximate surface area is 253 Å². The summed E-state index contributed by atoms with van der Waals surface area (Å²) in [6.07, 6.45) is 0. The van der Waals surface area contributed by atoms with E-state index < -0.39 is 23.5 Å². The Morgan fingerprint density at radius 2 is 1.82 bits per heavy atom. The molecule has 0 aliphatic carbocycles. The first-order valence-electron chi connectivity index (χ1n) is 12.0. The third kappa shape index (κ3) is 5.48. The molecule has 206 valence electrons. The second-order valence-corrected chi connectivity index (χ2v) is 13.4. The average molecular weight is 633 g/mol. The minimum absolute atomic E-state index is 0.00768. The van der Waals surface area contributed by atoms with Crippen molar-refractivity contribution in [3.8, 4) is 0 Å². The predicted octanol–water partition coefficient (Wildman–Crippen LogP) is 7.06. The molecule has 4 aromatic rings. The lowest BCUT2D eigenvalue weighted by molar-refractivity contribution is -0.117. The van der Waals surface area contributed by atoms with Gasteiger partial charge in [-0.15, -0.1) is 21.5 Å². The van der Waals surface area contributed by atoms with Crippen molar-refractivity contribution in [1.29, 1.82) is 0 Å². The number of ketones is 1. The van der Waals surface area contributed by atoms with Crippen molar-refractivity contribution in [3.05, 3.63) is 90.5 Å². The summed E-state index contributed by atoms with van der Waals surface area (Å²) < 4.78 is 0.601. The van der Waals surface area contributed by atoms with Gasteiger partial charge in [-0.1, -0.05) is 64.5 Å². The Morgan fingerprint density at radius 3 is 2.45 bits per heavy atom. The molecular formula is C27H23Cl2N5O3S3. The molecule has 5 rings (SSSR count). The molecule has 0 spiro atoms. The van der Waals surface area contributed by atoms with Crippen LogP contribution in [0.15, 0.2) is 58.1 Å². The van der Waals surface area contributed by atoms with Crippen LogP contribution < -0.4 is 9.80 Å². The van der Waals surface area contributed by atoms with Crippen molar-refractivity contribution in [1.82, 2.24) is 15.2 Å². The molecule has 8 nitrogen and oxygen atoms in total. The molecule has 0 saturated heterocycles. The Kier molecular flexibility index (Phi) is 8.21. The number of aliphatic hydroxyl groups excluding tert-OH is 1. The first-order valence-corrected chi connectivity index (χ1v) is 15.4. The lowest BCUT2D eigenvalue weighted by Crippen LogP contribution is -2.31. The van der Waals surface area contributed by atoms with Crippen molar-refractivity contribution in [3.63, 3.8) is 0 Å². The van der Waals surface area contributed by atoms with Gasteiger partial charge in [0.25, 0.3) is 5.91 Å². The number of anilines is 2. The van der Waals surface area contributed by atoms with Crippen molar-refractivity contribution in [2.45, 2.75) is 30.0 Å². The maximum Gasteiger partial charge on any atom is 0.296 e. The second-order valence-electron chi connectivity index (χ2n) is 9.18. The van der Waals surface area contributed by atoms with Crippen LogP contribution in [0.5, 0.6) is 0 Å².